The van der Waals surface area contributed by atoms with Gasteiger partial charge in [-0.05, 0) is 18.2 Å². The van der Waals surface area contributed by atoms with E-state index in [1.807, 2.05) is 28.8 Å². The van der Waals surface area contributed by atoms with Gasteiger partial charge in [-0.3, -0.25) is 8.80 Å². The summed E-state index contributed by atoms with van der Waals surface area (Å²) in [7, 11) is 2.20. The zero-order chi connectivity index (χ0) is 27.3. The van der Waals surface area contributed by atoms with E-state index in [1.165, 1.54) is 52.8 Å². The van der Waals surface area contributed by atoms with Crippen LogP contribution in [0.4, 0.5) is 0 Å². The van der Waals surface area contributed by atoms with Crippen molar-refractivity contribution in [1.82, 2.24) is 28.6 Å². The number of aromatic nitrogens is 4. The molecule has 206 valence electrons. The Morgan fingerprint density at radius 3 is 1.65 bits per heavy atom. The van der Waals surface area contributed by atoms with E-state index < -0.39 is 0 Å². The van der Waals surface area contributed by atoms with Gasteiger partial charge in [0.25, 0.3) is 0 Å². The first-order valence-corrected chi connectivity index (χ1v) is 15.4. The number of fused-ring (bicyclic) bond motifs is 2. The average Bonchev–Trinajstić information content (AvgIpc) is 3.74. The zero-order valence-electron chi connectivity index (χ0n) is 22.7. The Balaban J connectivity index is 0.000000151. The van der Waals surface area contributed by atoms with Crippen LogP contribution in [0.3, 0.4) is 0 Å². The molecule has 0 saturated carbocycles. The van der Waals surface area contributed by atoms with E-state index in [2.05, 4.69) is 87.3 Å². The van der Waals surface area contributed by atoms with Crippen LogP contribution in [0.5, 0.6) is 0 Å². The summed E-state index contributed by atoms with van der Waals surface area (Å²) >= 11 is 3.43. The molecule has 9 heteroatoms. The molecule has 0 spiro atoms. The number of hydrogen-bond donors (Lipinski definition) is 1. The summed E-state index contributed by atoms with van der Waals surface area (Å²) in [5, 5.41) is 8.87. The number of rotatable bonds is 7. The lowest BCUT2D eigenvalue weighted by atomic mass is 10.2. The molecule has 0 aliphatic carbocycles. The largest absolute Gasteiger partial charge is 0.396 e. The maximum absolute atomic E-state index is 8.87. The molecular weight excluding hydrogens is 537 g/mol. The predicted molar refractivity (Wildman–Crippen MR) is 165 cm³/mol. The van der Waals surface area contributed by atoms with Crippen LogP contribution < -0.4 is 0 Å². The maximum atomic E-state index is 8.87. The summed E-state index contributed by atoms with van der Waals surface area (Å²) in [5.74, 6) is 0. The highest BCUT2D eigenvalue weighted by Crippen LogP contribution is 2.29. The fraction of sp³-hybridized carbons (Fsp3) is 0.290. The molecule has 4 aromatic heterocycles. The predicted octanol–water partition coefficient (Wildman–Crippen LogP) is 5.45. The monoisotopic (exact) mass is 570 g/mol. The molecule has 7 nitrogen and oxygen atoms in total. The Morgan fingerprint density at radius 2 is 1.18 bits per heavy atom. The number of thiazole rings is 2. The second-order valence-electron chi connectivity index (χ2n) is 10.1. The van der Waals surface area contributed by atoms with Crippen molar-refractivity contribution >= 4 is 32.6 Å². The molecule has 2 aromatic carbocycles. The highest BCUT2D eigenvalue weighted by molar-refractivity contribution is 7.20. The standard InChI is InChI=1S/C18H22N4S.C13H12N2OS/c1-20-9-11-21(12-10-20)8-7-16-13-22-14-17(23-18(22)19-16)15-5-3-2-4-6-15;16-7-6-11-8-15-9-12(17-13(15)14-11)10-4-2-1-3-5-10/h2-6,13-14H,7-12H2,1H3;1-5,8-9,16H,6-7H2. The Labute approximate surface area is 242 Å². The minimum Gasteiger partial charge on any atom is -0.396 e. The third kappa shape index (κ3) is 6.35. The summed E-state index contributed by atoms with van der Waals surface area (Å²) < 4.78 is 4.20. The summed E-state index contributed by atoms with van der Waals surface area (Å²) in [6.45, 7) is 5.98. The van der Waals surface area contributed by atoms with Crippen LogP contribution in [0, 0.1) is 0 Å². The number of piperazine rings is 1. The van der Waals surface area contributed by atoms with E-state index in [-0.39, 0.29) is 6.61 Å². The molecule has 6 aromatic rings. The molecule has 0 radical (unpaired) electrons. The summed E-state index contributed by atoms with van der Waals surface area (Å²) in [6, 6.07) is 20.8. The SMILES string of the molecule is CN1CCN(CCc2cn3cc(-c4ccccc4)sc3n2)CC1.OCCc1cn2cc(-c3ccccc3)sc2n1. The molecule has 0 amide bonds. The van der Waals surface area contributed by atoms with Crippen LogP contribution in [0.15, 0.2) is 85.5 Å². The van der Waals surface area contributed by atoms with Gasteiger partial charge in [-0.1, -0.05) is 83.3 Å². The van der Waals surface area contributed by atoms with Gasteiger partial charge in [-0.2, -0.15) is 0 Å². The van der Waals surface area contributed by atoms with Gasteiger partial charge in [-0.25, -0.2) is 9.97 Å². The topological polar surface area (TPSA) is 61.3 Å². The third-order valence-corrected chi connectivity index (χ3v) is 9.27. The molecule has 0 bridgehead atoms. The van der Waals surface area contributed by atoms with Crippen LogP contribution in [0.25, 0.3) is 30.8 Å². The second-order valence-corrected chi connectivity index (χ2v) is 12.2. The molecule has 1 fully saturated rings. The lowest BCUT2D eigenvalue weighted by molar-refractivity contribution is 0.155. The van der Waals surface area contributed by atoms with Gasteiger partial charge in [-0.15, -0.1) is 0 Å². The number of benzene rings is 2. The van der Waals surface area contributed by atoms with Crippen LogP contribution in [-0.2, 0) is 12.8 Å². The molecule has 0 atom stereocenters. The van der Waals surface area contributed by atoms with Crippen molar-refractivity contribution in [3.8, 4) is 20.9 Å². The van der Waals surface area contributed by atoms with Gasteiger partial charge in [0.2, 0.25) is 0 Å². The fourth-order valence-electron chi connectivity index (χ4n) is 4.86. The number of likely N-dealkylation sites (N-methyl/N-ethyl adjacent to an activating group) is 1. The first-order valence-electron chi connectivity index (χ1n) is 13.7. The van der Waals surface area contributed by atoms with Crippen molar-refractivity contribution in [2.45, 2.75) is 12.8 Å². The van der Waals surface area contributed by atoms with Crippen molar-refractivity contribution in [3.63, 3.8) is 0 Å². The van der Waals surface area contributed by atoms with Crippen LogP contribution in [-0.4, -0.2) is 80.1 Å². The van der Waals surface area contributed by atoms with Crippen molar-refractivity contribution < 1.29 is 5.11 Å². The molecule has 0 unspecified atom stereocenters. The maximum Gasteiger partial charge on any atom is 0.194 e. The highest BCUT2D eigenvalue weighted by atomic mass is 32.1. The Bertz CT molecular complexity index is 1580. The van der Waals surface area contributed by atoms with Crippen LogP contribution >= 0.6 is 22.7 Å². The quantitative estimate of drug-likeness (QED) is 0.277. The smallest absolute Gasteiger partial charge is 0.194 e. The fourth-order valence-corrected chi connectivity index (χ4v) is 6.84. The van der Waals surface area contributed by atoms with E-state index in [9.17, 15) is 0 Å². The molecule has 5 heterocycles. The molecule has 1 aliphatic heterocycles. The lowest BCUT2D eigenvalue weighted by Crippen LogP contribution is -2.45. The Morgan fingerprint density at radius 1 is 0.675 bits per heavy atom. The normalized spacial score (nSPS) is 14.6. The van der Waals surface area contributed by atoms with Crippen molar-refractivity contribution in [3.05, 3.63) is 96.8 Å². The first-order chi connectivity index (χ1) is 19.6. The molecule has 40 heavy (non-hydrogen) atoms. The Kier molecular flexibility index (Phi) is 8.36. The van der Waals surface area contributed by atoms with Crippen LogP contribution in [0.2, 0.25) is 0 Å². The van der Waals surface area contributed by atoms with Gasteiger partial charge < -0.3 is 14.9 Å². The van der Waals surface area contributed by atoms with Crippen LogP contribution in [0.1, 0.15) is 11.4 Å². The summed E-state index contributed by atoms with van der Waals surface area (Å²) in [4.78, 5) is 18.8. The van der Waals surface area contributed by atoms with Gasteiger partial charge in [0.15, 0.2) is 9.92 Å². The number of nitrogens with zero attached hydrogens (tertiary/aromatic N) is 6. The minimum atomic E-state index is 0.149. The number of imidazole rings is 2. The van der Waals surface area contributed by atoms with Gasteiger partial charge in [0.05, 0.1) is 21.1 Å². The molecule has 1 N–H and O–H groups in total. The van der Waals surface area contributed by atoms with Gasteiger partial charge in [0, 0.05) is 77.0 Å². The van der Waals surface area contributed by atoms with E-state index in [0.29, 0.717) is 6.42 Å². The zero-order valence-corrected chi connectivity index (χ0v) is 24.3. The molecule has 1 saturated heterocycles. The molecular formula is C31H34N6OS2. The summed E-state index contributed by atoms with van der Waals surface area (Å²) in [6.07, 6.45) is 10.1. The third-order valence-electron chi connectivity index (χ3n) is 7.18. The van der Waals surface area contributed by atoms with Crippen molar-refractivity contribution in [1.29, 1.82) is 0 Å². The second kappa shape index (κ2) is 12.4. The van der Waals surface area contributed by atoms with E-state index in [1.54, 1.807) is 22.7 Å². The number of hydrogen-bond acceptors (Lipinski definition) is 7. The van der Waals surface area contributed by atoms with Gasteiger partial charge >= 0.3 is 0 Å². The summed E-state index contributed by atoms with van der Waals surface area (Å²) in [5.41, 5.74) is 4.63. The number of aliphatic hydroxyl groups excluding tert-OH is 1. The number of aliphatic hydroxyl groups is 1. The minimum absolute atomic E-state index is 0.149. The molecule has 1 aliphatic rings. The van der Waals surface area contributed by atoms with E-state index in [4.69, 9.17) is 10.1 Å². The lowest BCUT2D eigenvalue weighted by Gasteiger charge is -2.32. The average molecular weight is 571 g/mol. The van der Waals surface area contributed by atoms with E-state index >= 15 is 0 Å². The Hall–Kier alpha value is -3.34. The molecule has 7 rings (SSSR count). The first kappa shape index (κ1) is 26.9. The van der Waals surface area contributed by atoms with Crippen molar-refractivity contribution in [2.24, 2.45) is 0 Å². The highest BCUT2D eigenvalue weighted by Gasteiger charge is 2.14. The van der Waals surface area contributed by atoms with Gasteiger partial charge in [0.1, 0.15) is 0 Å². The van der Waals surface area contributed by atoms with E-state index in [0.717, 1.165) is 28.6 Å². The van der Waals surface area contributed by atoms with Crippen molar-refractivity contribution in [2.75, 3.05) is 46.4 Å².